The van der Waals surface area contributed by atoms with Crippen molar-refractivity contribution in [3.05, 3.63) is 41.1 Å². The second-order valence-corrected chi connectivity index (χ2v) is 4.40. The summed E-state index contributed by atoms with van der Waals surface area (Å²) in [5.41, 5.74) is 8.16. The largest absolute Gasteiger partial charge is 0.400 e. The number of fused-ring (bicyclic) bond motifs is 1. The first-order valence-corrected chi connectivity index (χ1v) is 6.19. The minimum absolute atomic E-state index is 0.0937. The average Bonchev–Trinajstić information content (AvgIpc) is 2.90. The summed E-state index contributed by atoms with van der Waals surface area (Å²) in [6.07, 6.45) is 2.24. The van der Waals surface area contributed by atoms with Crippen molar-refractivity contribution in [2.75, 3.05) is 24.3 Å². The maximum absolute atomic E-state index is 11.8. The van der Waals surface area contributed by atoms with Crippen LogP contribution in [-0.2, 0) is 11.3 Å². The molecule has 0 radical (unpaired) electrons. The molecule has 2 aromatic rings. The van der Waals surface area contributed by atoms with Gasteiger partial charge in [-0.15, -0.1) is 0 Å². The molecule has 0 atom stereocenters. The van der Waals surface area contributed by atoms with Crippen LogP contribution in [0.3, 0.4) is 0 Å². The number of anilines is 3. The molecular weight excluding hydrogens is 258 g/mol. The van der Waals surface area contributed by atoms with E-state index in [2.05, 4.69) is 16.0 Å². The molecule has 1 aromatic carbocycles. The molecule has 0 fully saturated rings. The van der Waals surface area contributed by atoms with Crippen LogP contribution in [0, 0.1) is 4.91 Å². The molecule has 0 unspecified atom stereocenters. The molecule has 7 heteroatoms. The van der Waals surface area contributed by atoms with Crippen molar-refractivity contribution < 1.29 is 9.76 Å². The zero-order valence-corrected chi connectivity index (χ0v) is 11.0. The average molecular weight is 272 g/mol. The van der Waals surface area contributed by atoms with Crippen LogP contribution in [0.25, 0.3) is 0 Å². The van der Waals surface area contributed by atoms with Gasteiger partial charge in [0.15, 0.2) is 7.11 Å². The summed E-state index contributed by atoms with van der Waals surface area (Å²) in [5, 5.41) is 0. The van der Waals surface area contributed by atoms with E-state index in [1.54, 1.807) is 0 Å². The Kier molecular flexibility index (Phi) is 2.94. The van der Waals surface area contributed by atoms with Gasteiger partial charge in [-0.1, -0.05) is 18.2 Å². The molecule has 0 amide bonds. The van der Waals surface area contributed by atoms with Crippen LogP contribution in [0.2, 0.25) is 0 Å². The smallest absolute Gasteiger partial charge is 0.378 e. The van der Waals surface area contributed by atoms with Crippen LogP contribution >= 0.6 is 0 Å². The predicted molar refractivity (Wildman–Crippen MR) is 73.9 cm³/mol. The van der Waals surface area contributed by atoms with E-state index >= 15 is 0 Å². The van der Waals surface area contributed by atoms with Crippen LogP contribution < -0.4 is 10.6 Å². The number of para-hydroxylation sites is 1. The van der Waals surface area contributed by atoms with Crippen LogP contribution in [0.15, 0.2) is 30.6 Å². The Hall–Kier alpha value is -2.70. The lowest BCUT2D eigenvalue weighted by atomic mass is 10.2. The SMILES string of the molecule is CO[N+](=O)c1c(N)ncnc1N1CCc2ccccc21. The zero-order chi connectivity index (χ0) is 14.1. The first-order chi connectivity index (χ1) is 9.72. The Bertz CT molecular complexity index is 674. The topological polar surface area (TPSA) is 84.3 Å². The fraction of sp³-hybridized carbons (Fsp3) is 0.231. The summed E-state index contributed by atoms with van der Waals surface area (Å²) in [5.74, 6) is 0.551. The number of nitrogens with two attached hydrogens (primary N) is 1. The maximum Gasteiger partial charge on any atom is 0.400 e. The van der Waals surface area contributed by atoms with Gasteiger partial charge in [-0.25, -0.2) is 14.8 Å². The summed E-state index contributed by atoms with van der Waals surface area (Å²) in [7, 11) is 1.28. The van der Waals surface area contributed by atoms with Crippen molar-refractivity contribution in [2.24, 2.45) is 0 Å². The van der Waals surface area contributed by atoms with E-state index in [4.69, 9.17) is 10.6 Å². The minimum Gasteiger partial charge on any atom is -0.378 e. The van der Waals surface area contributed by atoms with Gasteiger partial charge < -0.3 is 10.6 Å². The number of hydrogen-bond acceptors (Lipinski definition) is 6. The number of benzene rings is 1. The summed E-state index contributed by atoms with van der Waals surface area (Å²) in [4.78, 5) is 26.9. The number of rotatable bonds is 3. The number of nitrogen functional groups attached to an aromatic ring is 1. The standard InChI is InChI=1S/C13H14N5O2/c1-20-18(19)11-12(14)15-8-16-13(11)17-7-6-9-4-2-3-5-10(9)17/h2-5,8H,6-7H2,1H3,(H2,14,15,16)/q+1. The Morgan fingerprint density at radius 1 is 1.35 bits per heavy atom. The molecule has 1 aromatic heterocycles. The minimum atomic E-state index is 0.0937. The van der Waals surface area contributed by atoms with Gasteiger partial charge in [-0.2, -0.15) is 0 Å². The molecule has 0 spiro atoms. The summed E-state index contributed by atoms with van der Waals surface area (Å²) >= 11 is 0. The molecule has 3 rings (SSSR count). The Morgan fingerprint density at radius 3 is 2.95 bits per heavy atom. The van der Waals surface area contributed by atoms with Crippen LogP contribution in [0.5, 0.6) is 0 Å². The molecule has 0 bridgehead atoms. The maximum atomic E-state index is 11.8. The summed E-state index contributed by atoms with van der Waals surface area (Å²) in [6.45, 7) is 0.736. The molecule has 102 valence electrons. The highest BCUT2D eigenvalue weighted by molar-refractivity contribution is 5.77. The lowest BCUT2D eigenvalue weighted by Gasteiger charge is -2.17. The van der Waals surface area contributed by atoms with Gasteiger partial charge in [0.25, 0.3) is 4.92 Å². The van der Waals surface area contributed by atoms with Gasteiger partial charge in [0.2, 0.25) is 11.6 Å². The van der Waals surface area contributed by atoms with Crippen molar-refractivity contribution in [1.82, 2.24) is 9.97 Å². The normalized spacial score (nSPS) is 13.2. The third-order valence-corrected chi connectivity index (χ3v) is 3.32. The Morgan fingerprint density at radius 2 is 2.15 bits per heavy atom. The van der Waals surface area contributed by atoms with Crippen molar-refractivity contribution in [1.29, 1.82) is 0 Å². The van der Waals surface area contributed by atoms with Gasteiger partial charge in [-0.3, -0.25) is 0 Å². The highest BCUT2D eigenvalue weighted by Crippen LogP contribution is 2.39. The van der Waals surface area contributed by atoms with E-state index in [1.165, 1.54) is 19.0 Å². The van der Waals surface area contributed by atoms with Gasteiger partial charge in [0, 0.05) is 12.2 Å². The van der Waals surface area contributed by atoms with Crippen LogP contribution in [0.4, 0.5) is 23.0 Å². The van der Waals surface area contributed by atoms with E-state index in [1.807, 2.05) is 23.1 Å². The van der Waals surface area contributed by atoms with E-state index in [-0.39, 0.29) is 11.5 Å². The molecule has 1 aliphatic rings. The molecule has 0 aliphatic carbocycles. The second-order valence-electron chi connectivity index (χ2n) is 4.40. The molecule has 2 N–H and O–H groups in total. The Balaban J connectivity index is 2.13. The highest BCUT2D eigenvalue weighted by atomic mass is 16.8. The first kappa shape index (κ1) is 12.3. The van der Waals surface area contributed by atoms with Gasteiger partial charge in [-0.05, 0) is 18.1 Å². The van der Waals surface area contributed by atoms with Crippen molar-refractivity contribution in [2.45, 2.75) is 6.42 Å². The fourth-order valence-electron chi connectivity index (χ4n) is 2.40. The third kappa shape index (κ3) is 1.83. The van der Waals surface area contributed by atoms with Gasteiger partial charge in [0.05, 0.1) is 4.91 Å². The number of aromatic nitrogens is 2. The number of nitrogens with zero attached hydrogens (tertiary/aromatic N) is 4. The second kappa shape index (κ2) is 4.76. The Labute approximate surface area is 115 Å². The highest BCUT2D eigenvalue weighted by Gasteiger charge is 2.34. The van der Waals surface area contributed by atoms with Crippen molar-refractivity contribution in [3.8, 4) is 0 Å². The molecule has 2 heterocycles. The van der Waals surface area contributed by atoms with E-state index in [0.29, 0.717) is 10.7 Å². The zero-order valence-electron chi connectivity index (χ0n) is 11.0. The first-order valence-electron chi connectivity index (χ1n) is 6.19. The lowest BCUT2D eigenvalue weighted by molar-refractivity contribution is -0.735. The quantitative estimate of drug-likeness (QED) is 0.856. The third-order valence-electron chi connectivity index (χ3n) is 3.32. The number of hydrogen-bond donors (Lipinski definition) is 1. The fourth-order valence-corrected chi connectivity index (χ4v) is 2.40. The van der Waals surface area contributed by atoms with Gasteiger partial charge in [0.1, 0.15) is 6.33 Å². The molecule has 1 aliphatic heterocycles. The summed E-state index contributed by atoms with van der Waals surface area (Å²) in [6, 6.07) is 8.00. The molecule has 0 saturated carbocycles. The van der Waals surface area contributed by atoms with E-state index in [9.17, 15) is 4.91 Å². The van der Waals surface area contributed by atoms with Crippen LogP contribution in [-0.4, -0.2) is 28.5 Å². The lowest BCUT2D eigenvalue weighted by Crippen LogP contribution is -2.18. The van der Waals surface area contributed by atoms with Crippen molar-refractivity contribution >= 4 is 23.0 Å². The van der Waals surface area contributed by atoms with E-state index < -0.39 is 0 Å². The molecule has 0 saturated heterocycles. The van der Waals surface area contributed by atoms with Crippen molar-refractivity contribution in [3.63, 3.8) is 0 Å². The van der Waals surface area contributed by atoms with Gasteiger partial charge >= 0.3 is 5.69 Å². The molecule has 7 nitrogen and oxygen atoms in total. The predicted octanol–water partition coefficient (Wildman–Crippen LogP) is 1.72. The molecular formula is C13H14N5O2+. The molecule has 20 heavy (non-hydrogen) atoms. The monoisotopic (exact) mass is 272 g/mol. The van der Waals surface area contributed by atoms with Crippen LogP contribution in [0.1, 0.15) is 5.56 Å². The summed E-state index contributed by atoms with van der Waals surface area (Å²) < 4.78 is 0. The van der Waals surface area contributed by atoms with E-state index in [0.717, 1.165) is 18.7 Å².